The zero-order valence-electron chi connectivity index (χ0n) is 9.76. The number of hydrogen-bond donors (Lipinski definition) is 1. The van der Waals surface area contributed by atoms with E-state index in [0.29, 0.717) is 6.04 Å². The van der Waals surface area contributed by atoms with Gasteiger partial charge < -0.3 is 4.90 Å². The number of nitrogens with one attached hydrogen (secondary N) is 1. The number of carbonyl (C=O) groups is 1. The van der Waals surface area contributed by atoms with E-state index in [1.54, 1.807) is 0 Å². The van der Waals surface area contributed by atoms with Crippen molar-refractivity contribution in [3.8, 4) is 0 Å². The predicted molar refractivity (Wildman–Crippen MR) is 58.2 cm³/mol. The molecular weight excluding hydrogens is 176 g/mol. The first-order valence-corrected chi connectivity index (χ1v) is 5.54. The third-order valence-electron chi connectivity index (χ3n) is 2.70. The molecule has 3 nitrogen and oxygen atoms in total. The highest BCUT2D eigenvalue weighted by molar-refractivity contribution is 5.86. The summed E-state index contributed by atoms with van der Waals surface area (Å²) in [4.78, 5) is 14.0. The molecule has 0 saturated carbocycles. The lowest BCUT2D eigenvalue weighted by Gasteiger charge is -2.41. The molecule has 1 rings (SSSR count). The van der Waals surface area contributed by atoms with Crippen LogP contribution in [0.2, 0.25) is 0 Å². The molecule has 0 bridgehead atoms. The summed E-state index contributed by atoms with van der Waals surface area (Å²) in [6.07, 6.45) is 2.25. The Balaban J connectivity index is 2.61. The van der Waals surface area contributed by atoms with Crippen LogP contribution in [0.1, 0.15) is 40.5 Å². The van der Waals surface area contributed by atoms with Gasteiger partial charge in [-0.25, -0.2) is 0 Å². The van der Waals surface area contributed by atoms with Crippen molar-refractivity contribution in [2.45, 2.75) is 52.1 Å². The Labute approximate surface area is 86.9 Å². The van der Waals surface area contributed by atoms with Gasteiger partial charge in [0.15, 0.2) is 0 Å². The van der Waals surface area contributed by atoms with Crippen molar-refractivity contribution in [3.63, 3.8) is 0 Å². The summed E-state index contributed by atoms with van der Waals surface area (Å²) >= 11 is 0. The molecule has 1 saturated heterocycles. The first-order valence-electron chi connectivity index (χ1n) is 5.54. The van der Waals surface area contributed by atoms with E-state index in [1.807, 2.05) is 18.7 Å². The first-order chi connectivity index (χ1) is 6.47. The summed E-state index contributed by atoms with van der Waals surface area (Å²) < 4.78 is 0. The largest absolute Gasteiger partial charge is 0.340 e. The molecule has 1 unspecified atom stereocenters. The van der Waals surface area contributed by atoms with Gasteiger partial charge in [0, 0.05) is 19.1 Å². The maximum atomic E-state index is 12.0. The molecule has 82 valence electrons. The fraction of sp³-hybridized carbons (Fsp3) is 0.909. The molecule has 0 aromatic heterocycles. The Kier molecular flexibility index (Phi) is 3.53. The van der Waals surface area contributed by atoms with Crippen LogP contribution >= 0.6 is 0 Å². The molecule has 0 spiro atoms. The number of carbonyl (C=O) groups excluding carboxylic acids is 1. The predicted octanol–water partition coefficient (Wildman–Crippen LogP) is 1.39. The van der Waals surface area contributed by atoms with Gasteiger partial charge in [0.25, 0.3) is 0 Å². The van der Waals surface area contributed by atoms with Crippen LogP contribution in [0.3, 0.4) is 0 Å². The van der Waals surface area contributed by atoms with E-state index in [-0.39, 0.29) is 11.4 Å². The maximum absolute atomic E-state index is 12.0. The molecule has 3 heteroatoms. The molecule has 0 aliphatic carbocycles. The van der Waals surface area contributed by atoms with Crippen LogP contribution in [0.25, 0.3) is 0 Å². The summed E-state index contributed by atoms with van der Waals surface area (Å²) in [6, 6.07) is 0.402. The average Bonchev–Trinajstić information content (AvgIpc) is 2.08. The maximum Gasteiger partial charge on any atom is 0.242 e. The molecule has 14 heavy (non-hydrogen) atoms. The zero-order valence-corrected chi connectivity index (χ0v) is 9.76. The summed E-state index contributed by atoms with van der Waals surface area (Å²) in [7, 11) is 0. The topological polar surface area (TPSA) is 32.3 Å². The SMILES string of the molecule is CCCCN1CC(C)NC(C)(C)C1=O. The van der Waals surface area contributed by atoms with Crippen LogP contribution in [-0.4, -0.2) is 35.5 Å². The fourth-order valence-corrected chi connectivity index (χ4v) is 2.07. The standard InChI is InChI=1S/C11H22N2O/c1-5-6-7-13-8-9(2)12-11(3,4)10(13)14/h9,12H,5-8H2,1-4H3. The van der Waals surface area contributed by atoms with E-state index >= 15 is 0 Å². The Morgan fingerprint density at radius 1 is 1.57 bits per heavy atom. The van der Waals surface area contributed by atoms with Crippen molar-refractivity contribution < 1.29 is 4.79 Å². The van der Waals surface area contributed by atoms with Crippen LogP contribution in [0, 0.1) is 0 Å². The summed E-state index contributed by atoms with van der Waals surface area (Å²) in [5.41, 5.74) is -0.384. The van der Waals surface area contributed by atoms with Gasteiger partial charge in [0.2, 0.25) is 5.91 Å². The van der Waals surface area contributed by atoms with Crippen molar-refractivity contribution >= 4 is 5.91 Å². The smallest absolute Gasteiger partial charge is 0.242 e. The van der Waals surface area contributed by atoms with Crippen molar-refractivity contribution in [1.29, 1.82) is 0 Å². The Bertz CT molecular complexity index is 213. The Hall–Kier alpha value is -0.570. The normalized spacial score (nSPS) is 26.7. The van der Waals surface area contributed by atoms with Crippen molar-refractivity contribution in [2.24, 2.45) is 0 Å². The van der Waals surface area contributed by atoms with E-state index in [2.05, 4.69) is 19.2 Å². The van der Waals surface area contributed by atoms with Crippen LogP contribution in [-0.2, 0) is 4.79 Å². The number of hydrogen-bond acceptors (Lipinski definition) is 2. The van der Waals surface area contributed by atoms with Crippen LogP contribution in [0.4, 0.5) is 0 Å². The van der Waals surface area contributed by atoms with Gasteiger partial charge in [-0.1, -0.05) is 13.3 Å². The van der Waals surface area contributed by atoms with E-state index < -0.39 is 0 Å². The Morgan fingerprint density at radius 2 is 2.21 bits per heavy atom. The second-order valence-electron chi connectivity index (χ2n) is 4.78. The van der Waals surface area contributed by atoms with Gasteiger partial charge in [0.1, 0.15) is 0 Å². The molecule has 1 aliphatic rings. The van der Waals surface area contributed by atoms with Crippen molar-refractivity contribution in [2.75, 3.05) is 13.1 Å². The lowest BCUT2D eigenvalue weighted by Crippen LogP contribution is -2.64. The number of piperazine rings is 1. The molecule has 1 aliphatic heterocycles. The molecule has 1 fully saturated rings. The number of amides is 1. The van der Waals surface area contributed by atoms with Gasteiger partial charge in [-0.2, -0.15) is 0 Å². The fourth-order valence-electron chi connectivity index (χ4n) is 2.07. The van der Waals surface area contributed by atoms with E-state index in [4.69, 9.17) is 0 Å². The van der Waals surface area contributed by atoms with Crippen LogP contribution in [0.15, 0.2) is 0 Å². The van der Waals surface area contributed by atoms with Crippen LogP contribution < -0.4 is 5.32 Å². The molecule has 1 heterocycles. The highest BCUT2D eigenvalue weighted by Gasteiger charge is 2.37. The highest BCUT2D eigenvalue weighted by Crippen LogP contribution is 2.16. The molecule has 0 aromatic rings. The lowest BCUT2D eigenvalue weighted by atomic mass is 9.97. The van der Waals surface area contributed by atoms with Crippen LogP contribution in [0.5, 0.6) is 0 Å². The number of nitrogens with zero attached hydrogens (tertiary/aromatic N) is 1. The van der Waals surface area contributed by atoms with E-state index in [1.165, 1.54) is 0 Å². The molecule has 1 atom stereocenters. The monoisotopic (exact) mass is 198 g/mol. The lowest BCUT2D eigenvalue weighted by molar-refractivity contribution is -0.141. The van der Waals surface area contributed by atoms with Crippen molar-refractivity contribution in [1.82, 2.24) is 10.2 Å². The zero-order chi connectivity index (χ0) is 10.8. The van der Waals surface area contributed by atoms with Gasteiger partial charge in [-0.15, -0.1) is 0 Å². The molecule has 0 radical (unpaired) electrons. The molecule has 1 N–H and O–H groups in total. The van der Waals surface area contributed by atoms with Gasteiger partial charge in [-0.3, -0.25) is 10.1 Å². The second-order valence-corrected chi connectivity index (χ2v) is 4.78. The molecule has 1 amide bonds. The summed E-state index contributed by atoms with van der Waals surface area (Å²) in [5.74, 6) is 0.240. The van der Waals surface area contributed by atoms with Gasteiger partial charge in [-0.05, 0) is 27.2 Å². The number of unbranched alkanes of at least 4 members (excludes halogenated alkanes) is 1. The minimum absolute atomic E-state index is 0.240. The van der Waals surface area contributed by atoms with Gasteiger partial charge >= 0.3 is 0 Å². The van der Waals surface area contributed by atoms with Gasteiger partial charge in [0.05, 0.1) is 5.54 Å². The summed E-state index contributed by atoms with van der Waals surface area (Å²) in [6.45, 7) is 9.97. The quantitative estimate of drug-likeness (QED) is 0.743. The molecule has 0 aromatic carbocycles. The minimum atomic E-state index is -0.384. The Morgan fingerprint density at radius 3 is 2.79 bits per heavy atom. The average molecular weight is 198 g/mol. The highest BCUT2D eigenvalue weighted by atomic mass is 16.2. The third-order valence-corrected chi connectivity index (χ3v) is 2.70. The first kappa shape index (κ1) is 11.5. The second kappa shape index (κ2) is 4.30. The van der Waals surface area contributed by atoms with E-state index in [9.17, 15) is 4.79 Å². The number of rotatable bonds is 3. The summed E-state index contributed by atoms with van der Waals surface area (Å²) in [5, 5.41) is 3.32. The van der Waals surface area contributed by atoms with Crippen molar-refractivity contribution in [3.05, 3.63) is 0 Å². The molecular formula is C11H22N2O. The van der Waals surface area contributed by atoms with E-state index in [0.717, 1.165) is 25.9 Å². The third kappa shape index (κ3) is 2.47. The minimum Gasteiger partial charge on any atom is -0.340 e.